The summed E-state index contributed by atoms with van der Waals surface area (Å²) in [4.78, 5) is 4.87. The molecule has 1 aromatic rings. The largest absolute Gasteiger partial charge is 0.507 e. The highest BCUT2D eigenvalue weighted by atomic mass is 16.3. The second-order valence-corrected chi connectivity index (χ2v) is 10.4. The van der Waals surface area contributed by atoms with Gasteiger partial charge in [-0.05, 0) is 72.0 Å². The topological polar surface area (TPSA) is 78.8 Å². The molecule has 3 unspecified atom stereocenters. The summed E-state index contributed by atoms with van der Waals surface area (Å²) in [6.07, 6.45) is 12.9. The first kappa shape index (κ1) is 25.2. The van der Waals surface area contributed by atoms with Gasteiger partial charge in [0, 0.05) is 23.4 Å². The van der Waals surface area contributed by atoms with Gasteiger partial charge < -0.3 is 15.9 Å². The first-order chi connectivity index (χ1) is 15.6. The number of nitrogens with two attached hydrogens (primary N) is 1. The minimum absolute atomic E-state index is 0.0890. The maximum absolute atomic E-state index is 10.9. The van der Waals surface area contributed by atoms with Gasteiger partial charge >= 0.3 is 0 Å². The van der Waals surface area contributed by atoms with Crippen molar-refractivity contribution in [3.63, 3.8) is 0 Å². The average Bonchev–Trinajstić information content (AvgIpc) is 2.74. The molecule has 0 saturated heterocycles. The molecule has 0 radical (unpaired) electrons. The van der Waals surface area contributed by atoms with Crippen LogP contribution in [0.15, 0.2) is 64.2 Å². The van der Waals surface area contributed by atoms with E-state index in [-0.39, 0.29) is 17.5 Å². The number of phenols is 1. The molecule has 2 aliphatic rings. The smallest absolute Gasteiger partial charge is 0.126 e. The van der Waals surface area contributed by atoms with Crippen molar-refractivity contribution in [2.45, 2.75) is 89.8 Å². The van der Waals surface area contributed by atoms with E-state index in [4.69, 9.17) is 10.7 Å². The lowest BCUT2D eigenvalue weighted by Crippen LogP contribution is -2.38. The lowest BCUT2D eigenvalue weighted by molar-refractivity contribution is 0.247. The van der Waals surface area contributed by atoms with Gasteiger partial charge in [-0.25, -0.2) is 0 Å². The number of hydrogen-bond acceptors (Lipinski definition) is 4. The van der Waals surface area contributed by atoms with Crippen LogP contribution in [0.2, 0.25) is 0 Å². The number of nitrogens with zero attached hydrogens (tertiary/aromatic N) is 1. The number of phenolic OH excluding ortho intramolecular Hbond substituents is 1. The van der Waals surface area contributed by atoms with Gasteiger partial charge in [-0.15, -0.1) is 0 Å². The molecule has 3 rings (SSSR count). The molecule has 3 atom stereocenters. The minimum Gasteiger partial charge on any atom is -0.507 e. The molecule has 2 aliphatic carbocycles. The Balaban J connectivity index is 1.89. The summed E-state index contributed by atoms with van der Waals surface area (Å²) in [5.41, 5.74) is 11.9. The molecule has 0 amide bonds. The molecule has 0 aromatic heterocycles. The molecule has 0 spiro atoms. The molecular formula is C29H40N2O2. The number of aromatic hydroxyl groups is 1. The third-order valence-corrected chi connectivity index (χ3v) is 6.60. The second-order valence-electron chi connectivity index (χ2n) is 10.4. The van der Waals surface area contributed by atoms with Crippen LogP contribution in [-0.4, -0.2) is 34.6 Å². The zero-order valence-electron chi connectivity index (χ0n) is 20.6. The number of aliphatic hydroxyl groups is 1. The van der Waals surface area contributed by atoms with Crippen molar-refractivity contribution >= 4 is 12.3 Å². The van der Waals surface area contributed by atoms with Gasteiger partial charge in [-0.2, -0.15) is 0 Å². The molecule has 0 aliphatic heterocycles. The molecular weight excluding hydrogens is 408 g/mol. The fourth-order valence-corrected chi connectivity index (χ4v) is 4.70. The van der Waals surface area contributed by atoms with Crippen molar-refractivity contribution in [3.8, 4) is 5.75 Å². The number of aliphatic imine (C=N–C) groups is 1. The van der Waals surface area contributed by atoms with E-state index in [9.17, 15) is 10.2 Å². The fraction of sp³-hybridized carbons (Fsp3) is 0.483. The molecule has 0 bridgehead atoms. The van der Waals surface area contributed by atoms with E-state index in [1.165, 1.54) is 0 Å². The standard InChI is InChI=1S/C29H40N2O2/c1-6-7-10-21-15-19(2)16-23(27(21)32)18-31-26-20(11-9-14-25(26)30)17-22-12-8-13-24(28(22)33)29(3,4)5/h8,12-13,15-18,25-27,32-33H,2,6-7,9-11,14,30H2,1,3-5H3/b20-17+,31-18?. The third-order valence-electron chi connectivity index (χ3n) is 6.60. The molecule has 1 saturated carbocycles. The summed E-state index contributed by atoms with van der Waals surface area (Å²) in [6, 6.07) is 5.65. The molecule has 1 aromatic carbocycles. The maximum atomic E-state index is 10.9. The van der Waals surface area contributed by atoms with Gasteiger partial charge in [0.25, 0.3) is 0 Å². The lowest BCUT2D eigenvalue weighted by Gasteiger charge is -2.29. The van der Waals surface area contributed by atoms with Gasteiger partial charge in [0.05, 0.1) is 6.04 Å². The summed E-state index contributed by atoms with van der Waals surface area (Å²) in [6.45, 7) is 12.5. The summed E-state index contributed by atoms with van der Waals surface area (Å²) >= 11 is 0. The van der Waals surface area contributed by atoms with Crippen molar-refractivity contribution < 1.29 is 10.2 Å². The number of para-hydroxylation sites is 1. The fourth-order valence-electron chi connectivity index (χ4n) is 4.70. The van der Waals surface area contributed by atoms with E-state index in [0.29, 0.717) is 5.75 Å². The van der Waals surface area contributed by atoms with Gasteiger partial charge in [0.1, 0.15) is 11.9 Å². The zero-order chi connectivity index (χ0) is 24.2. The molecule has 4 nitrogen and oxygen atoms in total. The highest BCUT2D eigenvalue weighted by Gasteiger charge is 2.27. The van der Waals surface area contributed by atoms with Crippen molar-refractivity contribution in [1.82, 2.24) is 0 Å². The Labute approximate surface area is 199 Å². The van der Waals surface area contributed by atoms with E-state index in [1.807, 2.05) is 30.4 Å². The molecule has 4 N–H and O–H groups in total. The highest BCUT2D eigenvalue weighted by molar-refractivity contribution is 5.83. The first-order valence-corrected chi connectivity index (χ1v) is 12.2. The Hall–Kier alpha value is -2.43. The number of hydrogen-bond donors (Lipinski definition) is 3. The van der Waals surface area contributed by atoms with Gasteiger partial charge in [-0.1, -0.05) is 65.0 Å². The molecule has 4 heteroatoms. The van der Waals surface area contributed by atoms with Crippen LogP contribution in [0.3, 0.4) is 0 Å². The van der Waals surface area contributed by atoms with Crippen LogP contribution in [-0.2, 0) is 5.41 Å². The van der Waals surface area contributed by atoms with Crippen LogP contribution in [0.1, 0.15) is 77.3 Å². The molecule has 178 valence electrons. The van der Waals surface area contributed by atoms with Crippen LogP contribution in [0.25, 0.3) is 6.08 Å². The lowest BCUT2D eigenvalue weighted by atomic mass is 9.83. The van der Waals surface area contributed by atoms with E-state index in [1.54, 1.807) is 6.21 Å². The summed E-state index contributed by atoms with van der Waals surface area (Å²) in [5.74, 6) is 0.326. The molecule has 0 heterocycles. The summed E-state index contributed by atoms with van der Waals surface area (Å²) < 4.78 is 0. The minimum atomic E-state index is -0.648. The number of unbranched alkanes of at least 4 members (excludes halogenated alkanes) is 1. The Morgan fingerprint density at radius 2 is 2.00 bits per heavy atom. The Kier molecular flexibility index (Phi) is 8.14. The van der Waals surface area contributed by atoms with Crippen molar-refractivity contribution in [3.05, 3.63) is 70.3 Å². The predicted octanol–water partition coefficient (Wildman–Crippen LogP) is 6.00. The van der Waals surface area contributed by atoms with Crippen LogP contribution >= 0.6 is 0 Å². The van der Waals surface area contributed by atoms with Gasteiger partial charge in [0.15, 0.2) is 0 Å². The van der Waals surface area contributed by atoms with Crippen molar-refractivity contribution in [1.29, 1.82) is 0 Å². The second kappa shape index (κ2) is 10.7. The highest BCUT2D eigenvalue weighted by Crippen LogP contribution is 2.36. The van der Waals surface area contributed by atoms with Gasteiger partial charge in [0.2, 0.25) is 0 Å². The predicted molar refractivity (Wildman–Crippen MR) is 140 cm³/mol. The van der Waals surface area contributed by atoms with Gasteiger partial charge in [-0.3, -0.25) is 4.99 Å². The SMILES string of the molecule is C=C1C=C(C=NC2/C(=C/c3cccc(C(C)(C)C)c3O)CCCC2N)C(O)C(CCCC)=C1. The van der Waals surface area contributed by atoms with E-state index in [2.05, 4.69) is 40.3 Å². The van der Waals surface area contributed by atoms with Crippen LogP contribution in [0.4, 0.5) is 0 Å². The Morgan fingerprint density at radius 1 is 1.24 bits per heavy atom. The number of allylic oxidation sites excluding steroid dienone is 3. The Morgan fingerprint density at radius 3 is 2.70 bits per heavy atom. The summed E-state index contributed by atoms with van der Waals surface area (Å²) in [7, 11) is 0. The number of aliphatic hydroxyl groups excluding tert-OH is 1. The molecule has 33 heavy (non-hydrogen) atoms. The number of rotatable bonds is 6. The maximum Gasteiger partial charge on any atom is 0.126 e. The van der Waals surface area contributed by atoms with E-state index in [0.717, 1.165) is 71.9 Å². The Bertz CT molecular complexity index is 991. The summed E-state index contributed by atoms with van der Waals surface area (Å²) in [5, 5.41) is 21.8. The third kappa shape index (κ3) is 6.13. The van der Waals surface area contributed by atoms with Crippen molar-refractivity contribution in [2.75, 3.05) is 0 Å². The molecule has 1 fully saturated rings. The monoisotopic (exact) mass is 448 g/mol. The van der Waals surface area contributed by atoms with Crippen LogP contribution in [0.5, 0.6) is 5.75 Å². The van der Waals surface area contributed by atoms with Crippen LogP contribution in [0, 0.1) is 0 Å². The average molecular weight is 449 g/mol. The van der Waals surface area contributed by atoms with E-state index >= 15 is 0 Å². The quantitative estimate of drug-likeness (QED) is 0.467. The van der Waals surface area contributed by atoms with E-state index < -0.39 is 6.10 Å². The van der Waals surface area contributed by atoms with Crippen molar-refractivity contribution in [2.24, 2.45) is 10.7 Å². The number of benzene rings is 1. The first-order valence-electron chi connectivity index (χ1n) is 12.2. The zero-order valence-corrected chi connectivity index (χ0v) is 20.6. The normalized spacial score (nSPS) is 25.5. The van der Waals surface area contributed by atoms with Crippen LogP contribution < -0.4 is 5.73 Å².